The van der Waals surface area contributed by atoms with Crippen molar-refractivity contribution in [1.82, 2.24) is 14.6 Å². The average Bonchev–Trinajstić information content (AvgIpc) is 2.87. The predicted octanol–water partition coefficient (Wildman–Crippen LogP) is 3.06. The number of nitrogens with one attached hydrogen (secondary N) is 2. The molecule has 0 bridgehead atoms. The maximum atomic E-state index is 12.3. The van der Waals surface area contributed by atoms with Gasteiger partial charge in [-0.1, -0.05) is 44.0 Å². The zero-order valence-corrected chi connectivity index (χ0v) is 14.4. The molecule has 0 aliphatic rings. The Labute approximate surface area is 133 Å². The molecule has 0 saturated carbocycles. The van der Waals surface area contributed by atoms with Crippen molar-refractivity contribution >= 4 is 21.7 Å². The summed E-state index contributed by atoms with van der Waals surface area (Å²) in [5.74, 6) is 1.58. The first-order chi connectivity index (χ1) is 10.2. The van der Waals surface area contributed by atoms with Crippen molar-refractivity contribution in [1.29, 1.82) is 0 Å². The van der Waals surface area contributed by atoms with Gasteiger partial charge in [0.05, 0.1) is 0 Å². The van der Waals surface area contributed by atoms with Crippen molar-refractivity contribution in [3.63, 3.8) is 0 Å². The molecular weight excluding hydrogens is 332 g/mol. The first kappa shape index (κ1) is 16.2. The summed E-state index contributed by atoms with van der Waals surface area (Å²) < 4.78 is 2.05. The van der Waals surface area contributed by atoms with Gasteiger partial charge in [-0.2, -0.15) is 5.10 Å². The molecular formula is C15H24BrN4O+. The van der Waals surface area contributed by atoms with E-state index in [0.29, 0.717) is 10.3 Å². The van der Waals surface area contributed by atoms with Crippen LogP contribution in [-0.2, 0) is 12.8 Å². The van der Waals surface area contributed by atoms with Gasteiger partial charge in [0.2, 0.25) is 0 Å². The molecule has 0 fully saturated rings. The number of unbranched alkanes of at least 4 members (excludes halogenated alkanes) is 4. The van der Waals surface area contributed by atoms with E-state index in [4.69, 9.17) is 0 Å². The highest BCUT2D eigenvalue weighted by atomic mass is 79.9. The van der Waals surface area contributed by atoms with Crippen molar-refractivity contribution in [2.24, 2.45) is 0 Å². The molecule has 21 heavy (non-hydrogen) atoms. The molecule has 2 N–H and O–H groups in total. The lowest BCUT2D eigenvalue weighted by atomic mass is 10.1. The van der Waals surface area contributed by atoms with Gasteiger partial charge in [0.25, 0.3) is 0 Å². The second-order valence-corrected chi connectivity index (χ2v) is 6.26. The number of fused-ring (bicyclic) bond motifs is 1. The largest absolute Gasteiger partial charge is 0.385 e. The maximum Gasteiger partial charge on any atom is 0.385 e. The molecule has 0 amide bonds. The molecule has 0 radical (unpaired) electrons. The van der Waals surface area contributed by atoms with Gasteiger partial charge in [-0.15, -0.1) is 4.98 Å². The van der Waals surface area contributed by atoms with Crippen LogP contribution in [0.15, 0.2) is 9.27 Å². The van der Waals surface area contributed by atoms with Gasteiger partial charge in [0.15, 0.2) is 5.82 Å². The highest BCUT2D eigenvalue weighted by Gasteiger charge is 2.19. The third-order valence-electron chi connectivity index (χ3n) is 3.62. The number of aromatic nitrogens is 4. The summed E-state index contributed by atoms with van der Waals surface area (Å²) in [4.78, 5) is 20.0. The minimum atomic E-state index is -0.0723. The van der Waals surface area contributed by atoms with Crippen LogP contribution in [0.1, 0.15) is 63.9 Å². The van der Waals surface area contributed by atoms with E-state index in [1.807, 2.05) is 0 Å². The van der Waals surface area contributed by atoms with Crippen molar-refractivity contribution in [2.45, 2.75) is 65.2 Å². The number of nitrogens with zero attached hydrogens (tertiary/aromatic N) is 2. The smallest absolute Gasteiger partial charge is 0.251 e. The van der Waals surface area contributed by atoms with E-state index in [1.54, 1.807) is 0 Å². The molecule has 0 spiro atoms. The van der Waals surface area contributed by atoms with Crippen LogP contribution in [0.4, 0.5) is 0 Å². The van der Waals surface area contributed by atoms with E-state index < -0.39 is 0 Å². The first-order valence-corrected chi connectivity index (χ1v) is 8.68. The molecule has 116 valence electrons. The maximum absolute atomic E-state index is 12.3. The number of aryl methyl sites for hydroxylation is 2. The Hall–Kier alpha value is -1.17. The third-order valence-corrected chi connectivity index (χ3v) is 4.42. The molecule has 2 rings (SSSR count). The quantitative estimate of drug-likeness (QED) is 0.739. The molecule has 0 unspecified atom stereocenters. The Bertz CT molecular complexity index is 647. The van der Waals surface area contributed by atoms with Gasteiger partial charge in [-0.05, 0) is 28.8 Å². The van der Waals surface area contributed by atoms with Crippen LogP contribution in [0.5, 0.6) is 0 Å². The molecule has 0 aliphatic carbocycles. The number of halogens is 1. The van der Waals surface area contributed by atoms with E-state index in [0.717, 1.165) is 37.2 Å². The monoisotopic (exact) mass is 355 g/mol. The van der Waals surface area contributed by atoms with Crippen molar-refractivity contribution in [2.75, 3.05) is 0 Å². The fourth-order valence-corrected chi connectivity index (χ4v) is 2.92. The third kappa shape index (κ3) is 3.93. The van der Waals surface area contributed by atoms with Gasteiger partial charge in [0.1, 0.15) is 10.2 Å². The molecule has 6 heteroatoms. The lowest BCUT2D eigenvalue weighted by Gasteiger charge is -1.95. The molecule has 0 atom stereocenters. The Morgan fingerprint density at radius 2 is 1.90 bits per heavy atom. The number of H-pyrrole nitrogens is 2. The summed E-state index contributed by atoms with van der Waals surface area (Å²) in [5.41, 5.74) is 0.754. The fourth-order valence-electron chi connectivity index (χ4n) is 2.46. The van der Waals surface area contributed by atoms with Gasteiger partial charge in [-0.25, -0.2) is 4.98 Å². The van der Waals surface area contributed by atoms with Crippen LogP contribution < -0.4 is 10.5 Å². The standard InChI is InChI=1S/C15H23BrN4O/c1-3-5-6-7-8-10-12-18-15-17-11(9-4-2)13(16)14(21)20(15)19-12/h3-10H2,1-2H3,(H,17,18,19)/p+1. The fraction of sp³-hybridized carbons (Fsp3) is 0.667. The van der Waals surface area contributed by atoms with Crippen LogP contribution in [0.3, 0.4) is 0 Å². The Balaban J connectivity index is 2.14. The van der Waals surface area contributed by atoms with E-state index in [1.165, 1.54) is 30.2 Å². The number of hydrogen-bond acceptors (Lipinski definition) is 2. The second-order valence-electron chi connectivity index (χ2n) is 5.47. The minimum absolute atomic E-state index is 0.0723. The lowest BCUT2D eigenvalue weighted by Crippen LogP contribution is -2.20. The Kier molecular flexibility index (Phi) is 5.96. The minimum Gasteiger partial charge on any atom is -0.251 e. The normalized spacial score (nSPS) is 11.4. The first-order valence-electron chi connectivity index (χ1n) is 7.88. The summed E-state index contributed by atoms with van der Waals surface area (Å²) in [7, 11) is 0. The zero-order chi connectivity index (χ0) is 15.2. The molecule has 0 aliphatic heterocycles. The van der Waals surface area contributed by atoms with Crippen LogP contribution in [-0.4, -0.2) is 14.6 Å². The van der Waals surface area contributed by atoms with Crippen molar-refractivity contribution in [3.05, 3.63) is 26.3 Å². The summed E-state index contributed by atoms with van der Waals surface area (Å²) in [6.07, 6.45) is 8.88. The summed E-state index contributed by atoms with van der Waals surface area (Å²) in [6.45, 7) is 4.30. The number of rotatable bonds is 8. The number of aromatic amines is 2. The summed E-state index contributed by atoms with van der Waals surface area (Å²) in [6, 6.07) is 0. The van der Waals surface area contributed by atoms with E-state index in [2.05, 4.69) is 44.8 Å². The SMILES string of the molecule is CCCCCCCc1[nH]n2c(=O)c(Br)c(CCC)nc2[nH+]1. The Morgan fingerprint density at radius 1 is 1.14 bits per heavy atom. The average molecular weight is 356 g/mol. The summed E-state index contributed by atoms with van der Waals surface area (Å²) in [5, 5.41) is 3.12. The summed E-state index contributed by atoms with van der Waals surface area (Å²) >= 11 is 3.36. The van der Waals surface area contributed by atoms with Crippen LogP contribution in [0.2, 0.25) is 0 Å². The molecule has 5 nitrogen and oxygen atoms in total. The van der Waals surface area contributed by atoms with Gasteiger partial charge in [-0.3, -0.25) is 4.79 Å². The second kappa shape index (κ2) is 7.73. The highest BCUT2D eigenvalue weighted by Crippen LogP contribution is 2.12. The van der Waals surface area contributed by atoms with E-state index >= 15 is 0 Å². The van der Waals surface area contributed by atoms with Gasteiger partial charge < -0.3 is 0 Å². The van der Waals surface area contributed by atoms with Crippen LogP contribution >= 0.6 is 15.9 Å². The highest BCUT2D eigenvalue weighted by molar-refractivity contribution is 9.10. The molecule has 2 heterocycles. The van der Waals surface area contributed by atoms with Gasteiger partial charge >= 0.3 is 11.3 Å². The topological polar surface area (TPSA) is 64.3 Å². The number of hydrogen-bond donors (Lipinski definition) is 1. The van der Waals surface area contributed by atoms with Gasteiger partial charge in [0, 0.05) is 12.8 Å². The van der Waals surface area contributed by atoms with Crippen LogP contribution in [0, 0.1) is 0 Å². The molecule has 0 saturated heterocycles. The van der Waals surface area contributed by atoms with Crippen LogP contribution in [0.25, 0.3) is 5.78 Å². The Morgan fingerprint density at radius 3 is 2.62 bits per heavy atom. The molecule has 0 aromatic carbocycles. The zero-order valence-electron chi connectivity index (χ0n) is 12.8. The van der Waals surface area contributed by atoms with Crippen molar-refractivity contribution < 1.29 is 4.98 Å². The van der Waals surface area contributed by atoms with Crippen molar-refractivity contribution in [3.8, 4) is 0 Å². The molecule has 2 aromatic rings. The molecule has 2 aromatic heterocycles. The predicted molar refractivity (Wildman–Crippen MR) is 86.5 cm³/mol. The van der Waals surface area contributed by atoms with E-state index in [-0.39, 0.29) is 5.56 Å². The van der Waals surface area contributed by atoms with E-state index in [9.17, 15) is 4.79 Å². The lowest BCUT2D eigenvalue weighted by molar-refractivity contribution is -0.362.